The first kappa shape index (κ1) is 15.5. The number of thiazole rings is 1. The van der Waals surface area contributed by atoms with Gasteiger partial charge in [-0.1, -0.05) is 17.7 Å². The number of aromatic nitrogens is 3. The molecule has 3 rings (SSSR count). The van der Waals surface area contributed by atoms with Crippen LogP contribution < -0.4 is 10.1 Å². The third-order valence-electron chi connectivity index (χ3n) is 3.11. The highest BCUT2D eigenvalue weighted by Gasteiger charge is 2.15. The Morgan fingerprint density at radius 1 is 1.43 bits per heavy atom. The summed E-state index contributed by atoms with van der Waals surface area (Å²) in [5.41, 5.74) is 1.70. The number of amides is 1. The minimum atomic E-state index is -0.322. The number of carbonyl (C=O) groups is 1. The third-order valence-corrected chi connectivity index (χ3v) is 4.30. The number of hydrogen-bond donors (Lipinski definition) is 1. The van der Waals surface area contributed by atoms with E-state index in [0.717, 1.165) is 10.6 Å². The lowest BCUT2D eigenvalue weighted by Crippen LogP contribution is -2.13. The van der Waals surface area contributed by atoms with E-state index in [1.54, 1.807) is 34.5 Å². The maximum Gasteiger partial charge on any atom is 0.275 e. The van der Waals surface area contributed by atoms with Crippen LogP contribution in [0.4, 0.5) is 5.69 Å². The number of benzene rings is 1. The second kappa shape index (κ2) is 6.39. The van der Waals surface area contributed by atoms with Crippen LogP contribution in [0.1, 0.15) is 10.5 Å². The Morgan fingerprint density at radius 3 is 2.96 bits per heavy atom. The second-order valence-electron chi connectivity index (χ2n) is 4.72. The molecule has 6 nitrogen and oxygen atoms in total. The molecule has 3 aromatic rings. The molecule has 0 aliphatic rings. The number of rotatable bonds is 4. The van der Waals surface area contributed by atoms with Crippen LogP contribution in [-0.2, 0) is 7.05 Å². The van der Waals surface area contributed by atoms with Crippen molar-refractivity contribution in [2.45, 2.75) is 0 Å². The van der Waals surface area contributed by atoms with Crippen LogP contribution in [0.5, 0.6) is 5.75 Å². The van der Waals surface area contributed by atoms with Gasteiger partial charge in [0.05, 0.1) is 24.0 Å². The first-order valence-corrected chi connectivity index (χ1v) is 7.92. The molecule has 0 saturated carbocycles. The van der Waals surface area contributed by atoms with E-state index in [9.17, 15) is 4.79 Å². The summed E-state index contributed by atoms with van der Waals surface area (Å²) in [6, 6.07) is 5.15. The Labute approximate surface area is 141 Å². The summed E-state index contributed by atoms with van der Waals surface area (Å²) in [5.74, 6) is 0.0992. The first-order valence-electron chi connectivity index (χ1n) is 6.67. The predicted molar refractivity (Wildman–Crippen MR) is 90.3 cm³/mol. The summed E-state index contributed by atoms with van der Waals surface area (Å²) in [4.78, 5) is 16.7. The van der Waals surface area contributed by atoms with Gasteiger partial charge in [0.2, 0.25) is 0 Å². The summed E-state index contributed by atoms with van der Waals surface area (Å²) in [6.45, 7) is 0. The number of carbonyl (C=O) groups excluding carboxylic acids is 1. The van der Waals surface area contributed by atoms with Gasteiger partial charge in [-0.15, -0.1) is 11.3 Å². The van der Waals surface area contributed by atoms with E-state index in [2.05, 4.69) is 15.4 Å². The van der Waals surface area contributed by atoms with E-state index in [4.69, 9.17) is 16.3 Å². The van der Waals surface area contributed by atoms with Gasteiger partial charge in [0.25, 0.3) is 5.91 Å². The van der Waals surface area contributed by atoms with E-state index in [1.807, 2.05) is 13.2 Å². The normalized spacial score (nSPS) is 10.6. The number of methoxy groups -OCH3 is 1. The highest BCUT2D eigenvalue weighted by atomic mass is 35.5. The van der Waals surface area contributed by atoms with E-state index in [1.165, 1.54) is 18.4 Å². The molecule has 1 aromatic carbocycles. The van der Waals surface area contributed by atoms with Crippen molar-refractivity contribution < 1.29 is 9.53 Å². The zero-order valence-corrected chi connectivity index (χ0v) is 14.0. The van der Waals surface area contributed by atoms with Gasteiger partial charge in [-0.2, -0.15) is 5.10 Å². The predicted octanol–water partition coefficient (Wildman–Crippen LogP) is 3.46. The van der Waals surface area contributed by atoms with E-state index >= 15 is 0 Å². The third kappa shape index (κ3) is 3.20. The van der Waals surface area contributed by atoms with Gasteiger partial charge in [0.15, 0.2) is 5.75 Å². The van der Waals surface area contributed by atoms with Crippen molar-refractivity contribution in [3.63, 3.8) is 0 Å². The molecule has 0 aliphatic heterocycles. The van der Waals surface area contributed by atoms with Crippen LogP contribution in [0.15, 0.2) is 36.0 Å². The molecule has 118 valence electrons. The molecule has 0 radical (unpaired) electrons. The highest BCUT2D eigenvalue weighted by Crippen LogP contribution is 2.33. The average Bonchev–Trinajstić information content (AvgIpc) is 3.16. The first-order chi connectivity index (χ1) is 11.1. The smallest absolute Gasteiger partial charge is 0.275 e. The van der Waals surface area contributed by atoms with Gasteiger partial charge < -0.3 is 10.1 Å². The second-order valence-corrected chi connectivity index (χ2v) is 5.98. The zero-order chi connectivity index (χ0) is 16.4. The molecule has 1 N–H and O–H groups in total. The van der Waals surface area contributed by atoms with Crippen molar-refractivity contribution >= 4 is 34.5 Å². The number of anilines is 1. The molecule has 8 heteroatoms. The van der Waals surface area contributed by atoms with Crippen LogP contribution in [-0.4, -0.2) is 27.8 Å². The Morgan fingerprint density at radius 2 is 2.26 bits per heavy atom. The van der Waals surface area contributed by atoms with Gasteiger partial charge in [0.1, 0.15) is 10.7 Å². The molecule has 0 atom stereocenters. The Hall–Kier alpha value is -2.38. The number of hydrogen-bond acceptors (Lipinski definition) is 5. The van der Waals surface area contributed by atoms with Gasteiger partial charge in [-0.05, 0) is 12.1 Å². The van der Waals surface area contributed by atoms with Crippen LogP contribution in [0, 0.1) is 0 Å². The summed E-state index contributed by atoms with van der Waals surface area (Å²) >= 11 is 7.43. The highest BCUT2D eigenvalue weighted by molar-refractivity contribution is 7.13. The molecule has 0 unspecified atom stereocenters. The van der Waals surface area contributed by atoms with Crippen LogP contribution >= 0.6 is 22.9 Å². The fourth-order valence-corrected chi connectivity index (χ4v) is 3.07. The fourth-order valence-electron chi connectivity index (χ4n) is 2.04. The molecule has 1 amide bonds. The molecule has 0 spiro atoms. The Kier molecular flexibility index (Phi) is 4.31. The average molecular weight is 349 g/mol. The topological polar surface area (TPSA) is 69.0 Å². The van der Waals surface area contributed by atoms with Crippen molar-refractivity contribution in [3.05, 3.63) is 46.7 Å². The fraction of sp³-hybridized carbons (Fsp3) is 0.133. The molecule has 0 bridgehead atoms. The number of halogens is 1. The van der Waals surface area contributed by atoms with Crippen molar-refractivity contribution in [2.24, 2.45) is 7.05 Å². The summed E-state index contributed by atoms with van der Waals surface area (Å²) < 4.78 is 6.90. The number of nitrogens with zero attached hydrogens (tertiary/aromatic N) is 3. The summed E-state index contributed by atoms with van der Waals surface area (Å²) in [6.07, 6.45) is 3.56. The molecular weight excluding hydrogens is 336 g/mol. The lowest BCUT2D eigenvalue weighted by molar-refractivity contribution is 0.102. The van der Waals surface area contributed by atoms with Crippen molar-refractivity contribution in [2.75, 3.05) is 12.4 Å². The summed E-state index contributed by atoms with van der Waals surface area (Å²) in [5, 5.41) is 9.73. The van der Waals surface area contributed by atoms with Crippen LogP contribution in [0.25, 0.3) is 10.6 Å². The van der Waals surface area contributed by atoms with Gasteiger partial charge in [0, 0.05) is 24.2 Å². The largest absolute Gasteiger partial charge is 0.493 e. The molecule has 2 aromatic heterocycles. The molecule has 0 fully saturated rings. The minimum Gasteiger partial charge on any atom is -0.493 e. The quantitative estimate of drug-likeness (QED) is 0.784. The van der Waals surface area contributed by atoms with E-state index < -0.39 is 0 Å². The number of aryl methyl sites for hydroxylation is 1. The lowest BCUT2D eigenvalue weighted by atomic mass is 10.3. The molecule has 2 heterocycles. The van der Waals surface area contributed by atoms with E-state index in [-0.39, 0.29) is 5.91 Å². The number of para-hydroxylation sites is 1. The Bertz CT molecular complexity index is 859. The maximum absolute atomic E-state index is 12.4. The standard InChI is InChI=1S/C15H13ClN4O2S/c1-20-7-9(6-17-20)15-19-12(8-23-15)14(21)18-11-5-3-4-10(16)13(11)22-2/h3-8H,1-2H3,(H,18,21). The summed E-state index contributed by atoms with van der Waals surface area (Å²) in [7, 11) is 3.33. The van der Waals surface area contributed by atoms with Gasteiger partial charge in [-0.3, -0.25) is 9.48 Å². The molecular formula is C15H13ClN4O2S. The molecule has 0 aliphatic carbocycles. The van der Waals surface area contributed by atoms with Crippen molar-refractivity contribution in [1.82, 2.24) is 14.8 Å². The SMILES string of the molecule is COc1c(Cl)cccc1NC(=O)c1csc(-c2cnn(C)c2)n1. The molecule has 0 saturated heterocycles. The van der Waals surface area contributed by atoms with Crippen molar-refractivity contribution in [1.29, 1.82) is 0 Å². The maximum atomic E-state index is 12.4. The number of ether oxygens (including phenoxy) is 1. The van der Waals surface area contributed by atoms with Gasteiger partial charge >= 0.3 is 0 Å². The van der Waals surface area contributed by atoms with Crippen LogP contribution in [0.2, 0.25) is 5.02 Å². The number of nitrogens with one attached hydrogen (secondary N) is 1. The minimum absolute atomic E-state index is 0.322. The zero-order valence-electron chi connectivity index (χ0n) is 12.4. The lowest BCUT2D eigenvalue weighted by Gasteiger charge is -2.10. The van der Waals surface area contributed by atoms with Crippen molar-refractivity contribution in [3.8, 4) is 16.3 Å². The monoisotopic (exact) mass is 348 g/mol. The van der Waals surface area contributed by atoms with Gasteiger partial charge in [-0.25, -0.2) is 4.98 Å². The van der Waals surface area contributed by atoms with Crippen LogP contribution in [0.3, 0.4) is 0 Å². The van der Waals surface area contributed by atoms with E-state index in [0.29, 0.717) is 22.2 Å². The Balaban J connectivity index is 1.82. The molecule has 23 heavy (non-hydrogen) atoms.